The third-order valence-corrected chi connectivity index (χ3v) is 11.1. The number of benzene rings is 4. The van der Waals surface area contributed by atoms with Gasteiger partial charge in [0.25, 0.3) is 5.91 Å². The Morgan fingerprint density at radius 2 is 1.42 bits per heavy atom. The molecule has 3 aliphatic rings. The van der Waals surface area contributed by atoms with Gasteiger partial charge in [-0.3, -0.25) is 14.5 Å². The SMILES string of the molecule is O=C(NCC1CCN(CC(c2ccccc2)c2ccccc2)C(=O)C(CCCN(C2CCC2)C2CCC2)N1)c1ccc2ccccc2c1. The minimum Gasteiger partial charge on any atom is -0.350 e. The van der Waals surface area contributed by atoms with Crippen molar-refractivity contribution in [3.63, 3.8) is 0 Å². The molecule has 2 saturated carbocycles. The van der Waals surface area contributed by atoms with Gasteiger partial charge in [-0.25, -0.2) is 0 Å². The smallest absolute Gasteiger partial charge is 0.251 e. The Kier molecular flexibility index (Phi) is 10.5. The highest BCUT2D eigenvalue weighted by atomic mass is 16.2. The molecule has 0 bridgehead atoms. The van der Waals surface area contributed by atoms with Gasteiger partial charge in [0.15, 0.2) is 0 Å². The van der Waals surface area contributed by atoms with Crippen molar-refractivity contribution < 1.29 is 9.59 Å². The monoisotopic (exact) mass is 642 g/mol. The van der Waals surface area contributed by atoms with Gasteiger partial charge in [-0.05, 0) is 85.5 Å². The average Bonchev–Trinajstić information content (AvgIpc) is 3.22. The maximum Gasteiger partial charge on any atom is 0.251 e. The first-order valence-corrected chi connectivity index (χ1v) is 18.3. The van der Waals surface area contributed by atoms with Crippen LogP contribution >= 0.6 is 0 Å². The number of amides is 2. The van der Waals surface area contributed by atoms with Crippen LogP contribution in [-0.4, -0.2) is 72.0 Å². The van der Waals surface area contributed by atoms with E-state index in [2.05, 4.69) is 87.2 Å². The molecule has 250 valence electrons. The lowest BCUT2D eigenvalue weighted by atomic mass is 9.84. The number of carbonyl (C=O) groups is 2. The second kappa shape index (κ2) is 15.5. The molecule has 2 N–H and O–H groups in total. The van der Waals surface area contributed by atoms with E-state index < -0.39 is 0 Å². The van der Waals surface area contributed by atoms with Gasteiger partial charge in [0.1, 0.15) is 0 Å². The number of hydrogen-bond donors (Lipinski definition) is 2. The minimum absolute atomic E-state index is 0.00891. The number of rotatable bonds is 13. The Balaban J connectivity index is 1.06. The zero-order valence-electron chi connectivity index (χ0n) is 28.1. The Bertz CT molecular complexity index is 1600. The Morgan fingerprint density at radius 1 is 0.792 bits per heavy atom. The number of nitrogens with zero attached hydrogens (tertiary/aromatic N) is 2. The van der Waals surface area contributed by atoms with Crippen molar-refractivity contribution in [3.8, 4) is 0 Å². The van der Waals surface area contributed by atoms with Crippen molar-refractivity contribution >= 4 is 22.6 Å². The number of nitrogens with one attached hydrogen (secondary N) is 2. The zero-order chi connectivity index (χ0) is 32.7. The molecule has 1 saturated heterocycles. The minimum atomic E-state index is -0.271. The van der Waals surface area contributed by atoms with E-state index in [4.69, 9.17) is 0 Å². The second-order valence-electron chi connectivity index (χ2n) is 14.2. The molecule has 7 rings (SSSR count). The summed E-state index contributed by atoms with van der Waals surface area (Å²) in [6.45, 7) is 2.85. The molecule has 1 aliphatic heterocycles. The van der Waals surface area contributed by atoms with Gasteiger partial charge >= 0.3 is 0 Å². The molecular formula is C42H50N4O2. The fourth-order valence-corrected chi connectivity index (χ4v) is 7.85. The van der Waals surface area contributed by atoms with Gasteiger partial charge in [0, 0.05) is 49.2 Å². The van der Waals surface area contributed by atoms with Crippen LogP contribution in [0.5, 0.6) is 0 Å². The van der Waals surface area contributed by atoms with Gasteiger partial charge < -0.3 is 15.5 Å². The van der Waals surface area contributed by atoms with Crippen LogP contribution in [0.4, 0.5) is 0 Å². The summed E-state index contributed by atoms with van der Waals surface area (Å²) in [6.07, 6.45) is 10.6. The third-order valence-electron chi connectivity index (χ3n) is 11.1. The highest BCUT2D eigenvalue weighted by Gasteiger charge is 2.35. The predicted molar refractivity (Wildman–Crippen MR) is 194 cm³/mol. The zero-order valence-corrected chi connectivity index (χ0v) is 28.1. The summed E-state index contributed by atoms with van der Waals surface area (Å²) < 4.78 is 0. The Morgan fingerprint density at radius 3 is 2.04 bits per heavy atom. The van der Waals surface area contributed by atoms with E-state index in [-0.39, 0.29) is 29.8 Å². The van der Waals surface area contributed by atoms with E-state index in [0.717, 1.165) is 48.7 Å². The molecule has 0 radical (unpaired) electrons. The molecule has 2 amide bonds. The van der Waals surface area contributed by atoms with E-state index in [0.29, 0.717) is 25.2 Å². The molecule has 2 aliphatic carbocycles. The van der Waals surface area contributed by atoms with Gasteiger partial charge in [-0.15, -0.1) is 0 Å². The van der Waals surface area contributed by atoms with Crippen molar-refractivity contribution in [2.75, 3.05) is 26.2 Å². The third kappa shape index (κ3) is 7.66. The molecule has 2 unspecified atom stereocenters. The number of carbonyl (C=O) groups excluding carboxylic acids is 2. The Labute approximate surface area is 285 Å². The van der Waals surface area contributed by atoms with Crippen molar-refractivity contribution in [1.29, 1.82) is 0 Å². The standard InChI is InChI=1S/C42H50N4O2/c47-41(35-24-23-31-12-7-8-17-34(31)28-35)43-29-36-25-27-45(30-39(32-13-3-1-4-14-32)33-15-5-2-6-16-33)42(48)40(44-36)22-11-26-46(37-18-9-19-37)38-20-10-21-38/h1-8,12-17,23-24,28,36-40,44H,9-11,18-22,25-27,29-30H2,(H,43,47). The normalized spacial score (nSPS) is 20.5. The first-order chi connectivity index (χ1) is 23.6. The molecule has 0 spiro atoms. The van der Waals surface area contributed by atoms with Crippen LogP contribution in [0.3, 0.4) is 0 Å². The maximum atomic E-state index is 14.4. The lowest BCUT2D eigenvalue weighted by molar-refractivity contribution is -0.133. The molecule has 4 aromatic rings. The van der Waals surface area contributed by atoms with Crippen LogP contribution in [0.15, 0.2) is 103 Å². The summed E-state index contributed by atoms with van der Waals surface area (Å²) >= 11 is 0. The molecule has 6 heteroatoms. The van der Waals surface area contributed by atoms with Gasteiger partial charge in [0.2, 0.25) is 5.91 Å². The van der Waals surface area contributed by atoms with Crippen molar-refractivity contribution in [2.45, 2.75) is 87.9 Å². The van der Waals surface area contributed by atoms with Crippen molar-refractivity contribution in [3.05, 3.63) is 120 Å². The first-order valence-electron chi connectivity index (χ1n) is 18.3. The Hall–Kier alpha value is -4.00. The molecular weight excluding hydrogens is 592 g/mol. The molecule has 4 aromatic carbocycles. The number of hydrogen-bond acceptors (Lipinski definition) is 4. The largest absolute Gasteiger partial charge is 0.350 e. The quantitative estimate of drug-likeness (QED) is 0.163. The van der Waals surface area contributed by atoms with Crippen LogP contribution in [-0.2, 0) is 4.79 Å². The van der Waals surface area contributed by atoms with E-state index >= 15 is 0 Å². The van der Waals surface area contributed by atoms with Gasteiger partial charge in [-0.2, -0.15) is 0 Å². The lowest BCUT2D eigenvalue weighted by Crippen LogP contribution is -2.51. The summed E-state index contributed by atoms with van der Waals surface area (Å²) in [5.74, 6) is 0.208. The summed E-state index contributed by atoms with van der Waals surface area (Å²) in [7, 11) is 0. The van der Waals surface area contributed by atoms with E-state index in [1.165, 1.54) is 49.7 Å². The highest BCUT2D eigenvalue weighted by Crippen LogP contribution is 2.34. The molecule has 3 fully saturated rings. The summed E-state index contributed by atoms with van der Waals surface area (Å²) in [5, 5.41) is 9.13. The molecule has 6 nitrogen and oxygen atoms in total. The molecule has 1 heterocycles. The summed E-state index contributed by atoms with van der Waals surface area (Å²) in [6, 6.07) is 36.4. The molecule has 48 heavy (non-hydrogen) atoms. The van der Waals surface area contributed by atoms with E-state index in [9.17, 15) is 9.59 Å². The van der Waals surface area contributed by atoms with E-state index in [1.807, 2.05) is 36.4 Å². The van der Waals surface area contributed by atoms with Gasteiger partial charge in [0.05, 0.1) is 6.04 Å². The molecule has 2 atom stereocenters. The second-order valence-corrected chi connectivity index (χ2v) is 14.2. The molecule has 0 aromatic heterocycles. The van der Waals surface area contributed by atoms with E-state index in [1.54, 1.807) is 0 Å². The topological polar surface area (TPSA) is 64.7 Å². The fraction of sp³-hybridized carbons (Fsp3) is 0.429. The van der Waals surface area contributed by atoms with Crippen LogP contribution in [0.1, 0.15) is 85.2 Å². The van der Waals surface area contributed by atoms with Crippen LogP contribution in [0.25, 0.3) is 10.8 Å². The van der Waals surface area contributed by atoms with Crippen LogP contribution in [0.2, 0.25) is 0 Å². The average molecular weight is 643 g/mol. The summed E-state index contributed by atoms with van der Waals surface area (Å²) in [5.41, 5.74) is 3.11. The fourth-order valence-electron chi connectivity index (χ4n) is 7.85. The first kappa shape index (κ1) is 32.5. The lowest BCUT2D eigenvalue weighted by Gasteiger charge is -2.46. The predicted octanol–water partition coefficient (Wildman–Crippen LogP) is 7.15. The maximum absolute atomic E-state index is 14.4. The van der Waals surface area contributed by atoms with Crippen molar-refractivity contribution in [2.24, 2.45) is 0 Å². The highest BCUT2D eigenvalue weighted by molar-refractivity contribution is 5.98. The van der Waals surface area contributed by atoms with Gasteiger partial charge in [-0.1, -0.05) is 104 Å². The summed E-state index contributed by atoms with van der Waals surface area (Å²) in [4.78, 5) is 32.6. The van der Waals surface area contributed by atoms with Crippen molar-refractivity contribution in [1.82, 2.24) is 20.4 Å². The number of fused-ring (bicyclic) bond motifs is 1. The van der Waals surface area contributed by atoms with Crippen LogP contribution in [0, 0.1) is 0 Å². The van der Waals surface area contributed by atoms with Crippen LogP contribution < -0.4 is 10.6 Å².